The molecule has 10 nitrogen and oxygen atoms in total. The van der Waals surface area contributed by atoms with Crippen LogP contribution in [0.1, 0.15) is 40.2 Å². The summed E-state index contributed by atoms with van der Waals surface area (Å²) in [6.45, 7) is 2.38. The Morgan fingerprint density at radius 2 is 1.84 bits per heavy atom. The van der Waals surface area contributed by atoms with E-state index in [2.05, 4.69) is 20.6 Å². The van der Waals surface area contributed by atoms with E-state index >= 15 is 0 Å². The fourth-order valence-electron chi connectivity index (χ4n) is 4.64. The lowest BCUT2D eigenvalue weighted by Crippen LogP contribution is -2.23. The van der Waals surface area contributed by atoms with Crippen molar-refractivity contribution < 1.29 is 32.6 Å². The highest BCUT2D eigenvalue weighted by Crippen LogP contribution is 2.39. The Morgan fingerprint density at radius 3 is 2.55 bits per heavy atom. The van der Waals surface area contributed by atoms with Gasteiger partial charge in [-0.15, -0.1) is 11.3 Å². The molecule has 2 aromatic carbocycles. The van der Waals surface area contributed by atoms with Crippen LogP contribution in [0.15, 0.2) is 73.2 Å². The lowest BCUT2D eigenvalue weighted by Gasteiger charge is -2.19. The highest BCUT2D eigenvalue weighted by molar-refractivity contribution is 7.16. The first-order chi connectivity index (χ1) is 21.0. The summed E-state index contributed by atoms with van der Waals surface area (Å²) in [4.78, 5) is 31.8. The molecule has 0 unspecified atom stereocenters. The largest absolute Gasteiger partial charge is 0.484 e. The smallest absolute Gasteiger partial charge is 0.416 e. The summed E-state index contributed by atoms with van der Waals surface area (Å²) in [7, 11) is 0. The van der Waals surface area contributed by atoms with E-state index in [1.807, 2.05) is 30.3 Å². The third-order valence-corrected chi connectivity index (χ3v) is 7.86. The Balaban J connectivity index is 1.35. The number of alkyl halides is 3. The van der Waals surface area contributed by atoms with E-state index in [1.165, 1.54) is 25.1 Å². The number of primary amides is 1. The van der Waals surface area contributed by atoms with Gasteiger partial charge in [0.05, 0.1) is 16.6 Å². The van der Waals surface area contributed by atoms with Gasteiger partial charge in [0.1, 0.15) is 33.9 Å². The maximum atomic E-state index is 13.6. The van der Waals surface area contributed by atoms with Crippen LogP contribution in [0, 0.1) is 0 Å². The van der Waals surface area contributed by atoms with Crippen LogP contribution in [0.2, 0.25) is 0 Å². The molecule has 0 saturated heterocycles. The number of thiophene rings is 1. The Hall–Kier alpha value is -5.11. The number of benzene rings is 2. The topological polar surface area (TPSA) is 144 Å². The number of fused-ring (bicyclic) bond motifs is 1. The summed E-state index contributed by atoms with van der Waals surface area (Å²) in [6.07, 6.45) is -2.72. The number of ether oxygens (including phenoxy) is 1. The number of carboxylic acid groups (broad SMARTS) is 1. The van der Waals surface area contributed by atoms with Gasteiger partial charge in [-0.3, -0.25) is 9.36 Å². The summed E-state index contributed by atoms with van der Waals surface area (Å²) in [5.41, 5.74) is 7.86. The first kappa shape index (κ1) is 30.4. The van der Waals surface area contributed by atoms with E-state index in [4.69, 9.17) is 15.6 Å². The standard InChI is InChI=1S/C30H27F3N6O4S/c1-17(20-5-2-3-6-21(20)30(31,32)33)43-24-14-26(44-27(24)28(34)40)39-16-38-22-13-18(7-9-23(22)39)19-8-10-25(37-15-19)35-11-4-12-36-29(41)42/h2-3,5-10,13-17,36H,4,11-12H2,1H3,(H2,34,40)(H,35,37)(H,41,42)/t17-/m1/s1. The fraction of sp³-hybridized carbons (Fsp3) is 0.200. The average Bonchev–Trinajstić information content (AvgIpc) is 3.60. The zero-order valence-electron chi connectivity index (χ0n) is 23.3. The van der Waals surface area contributed by atoms with Gasteiger partial charge in [0.2, 0.25) is 0 Å². The minimum Gasteiger partial charge on any atom is -0.484 e. The molecule has 228 valence electrons. The third kappa shape index (κ3) is 6.75. The summed E-state index contributed by atoms with van der Waals surface area (Å²) in [6, 6.07) is 16.1. The molecule has 5 rings (SSSR count). The number of nitrogens with two attached hydrogens (primary N) is 1. The molecule has 3 heterocycles. The lowest BCUT2D eigenvalue weighted by molar-refractivity contribution is -0.139. The number of amides is 2. The van der Waals surface area contributed by atoms with E-state index in [9.17, 15) is 22.8 Å². The number of anilines is 1. The van der Waals surface area contributed by atoms with E-state index in [0.717, 1.165) is 34.0 Å². The molecule has 5 aromatic rings. The number of carbonyl (C=O) groups excluding carboxylic acids is 1. The maximum absolute atomic E-state index is 13.6. The molecule has 0 aliphatic rings. The van der Waals surface area contributed by atoms with Crippen molar-refractivity contribution in [3.63, 3.8) is 0 Å². The summed E-state index contributed by atoms with van der Waals surface area (Å²) in [5, 5.41) is 14.6. The molecule has 0 aliphatic carbocycles. The highest BCUT2D eigenvalue weighted by Gasteiger charge is 2.35. The molecule has 0 aliphatic heterocycles. The molecule has 1 atom stereocenters. The van der Waals surface area contributed by atoms with Gasteiger partial charge in [0, 0.05) is 36.5 Å². The van der Waals surface area contributed by atoms with Gasteiger partial charge in [0.25, 0.3) is 5.91 Å². The number of carbonyl (C=O) groups is 2. The number of hydrogen-bond donors (Lipinski definition) is 4. The molecule has 5 N–H and O–H groups in total. The van der Waals surface area contributed by atoms with Gasteiger partial charge in [-0.1, -0.05) is 24.3 Å². The van der Waals surface area contributed by atoms with Crippen LogP contribution < -0.4 is 21.1 Å². The van der Waals surface area contributed by atoms with E-state index in [-0.39, 0.29) is 16.2 Å². The number of rotatable bonds is 11. The molecule has 3 aromatic heterocycles. The van der Waals surface area contributed by atoms with Gasteiger partial charge < -0.3 is 26.2 Å². The van der Waals surface area contributed by atoms with Crippen LogP contribution >= 0.6 is 11.3 Å². The Morgan fingerprint density at radius 1 is 1.07 bits per heavy atom. The van der Waals surface area contributed by atoms with Crippen molar-refractivity contribution in [3.8, 4) is 21.9 Å². The number of nitrogens with one attached hydrogen (secondary N) is 2. The maximum Gasteiger partial charge on any atom is 0.416 e. The fourth-order valence-corrected chi connectivity index (χ4v) is 5.57. The number of imidazole rings is 1. The van der Waals surface area contributed by atoms with Crippen LogP contribution in [-0.4, -0.2) is 44.7 Å². The summed E-state index contributed by atoms with van der Waals surface area (Å²) < 4.78 is 48.4. The minimum absolute atomic E-state index is 0.0601. The van der Waals surface area contributed by atoms with Crippen molar-refractivity contribution in [2.75, 3.05) is 18.4 Å². The van der Waals surface area contributed by atoms with Gasteiger partial charge in [0.15, 0.2) is 0 Å². The molecule has 2 amide bonds. The number of nitrogens with zero attached hydrogens (tertiary/aromatic N) is 3. The van der Waals surface area contributed by atoms with Gasteiger partial charge in [-0.2, -0.15) is 13.2 Å². The molecule has 14 heteroatoms. The van der Waals surface area contributed by atoms with Crippen LogP contribution in [0.25, 0.3) is 27.2 Å². The highest BCUT2D eigenvalue weighted by atomic mass is 32.1. The van der Waals surface area contributed by atoms with Crippen molar-refractivity contribution >= 4 is 40.2 Å². The lowest BCUT2D eigenvalue weighted by atomic mass is 10.0. The Bertz CT molecular complexity index is 1800. The van der Waals surface area contributed by atoms with E-state index in [0.29, 0.717) is 35.8 Å². The SMILES string of the molecule is C[C@@H](Oc1cc(-n2cnc3cc(-c4ccc(NCCCNC(=O)O)nc4)ccc32)sc1C(N)=O)c1ccccc1C(F)(F)F. The van der Waals surface area contributed by atoms with Gasteiger partial charge >= 0.3 is 12.3 Å². The molecule has 0 radical (unpaired) electrons. The second-order valence-corrected chi connectivity index (χ2v) is 10.8. The monoisotopic (exact) mass is 624 g/mol. The van der Waals surface area contributed by atoms with Gasteiger partial charge in [-0.05, 0) is 49.2 Å². The van der Waals surface area contributed by atoms with Crippen molar-refractivity contribution in [3.05, 3.63) is 89.2 Å². The summed E-state index contributed by atoms with van der Waals surface area (Å²) >= 11 is 1.05. The molecule has 44 heavy (non-hydrogen) atoms. The number of hydrogen-bond acceptors (Lipinski definition) is 7. The molecule has 0 spiro atoms. The molecule has 0 bridgehead atoms. The molecule has 0 fully saturated rings. The average molecular weight is 625 g/mol. The first-order valence-corrected chi connectivity index (χ1v) is 14.2. The third-order valence-electron chi connectivity index (χ3n) is 6.73. The number of aromatic nitrogens is 3. The van der Waals surface area contributed by atoms with Crippen LogP contribution in [0.4, 0.5) is 23.8 Å². The number of halogens is 3. The zero-order chi connectivity index (χ0) is 31.4. The Labute approximate surface area is 253 Å². The van der Waals surface area contributed by atoms with Crippen LogP contribution in [0.3, 0.4) is 0 Å². The van der Waals surface area contributed by atoms with E-state index in [1.54, 1.807) is 23.2 Å². The van der Waals surface area contributed by atoms with Crippen LogP contribution in [0.5, 0.6) is 5.75 Å². The van der Waals surface area contributed by atoms with E-state index < -0.39 is 29.8 Å². The normalized spacial score (nSPS) is 12.2. The minimum atomic E-state index is -4.56. The van der Waals surface area contributed by atoms with Crippen molar-refractivity contribution in [2.45, 2.75) is 25.6 Å². The second-order valence-electron chi connectivity index (χ2n) is 9.75. The van der Waals surface area contributed by atoms with Crippen LogP contribution in [-0.2, 0) is 6.18 Å². The molecule has 0 saturated carbocycles. The van der Waals surface area contributed by atoms with Gasteiger partial charge in [-0.25, -0.2) is 14.8 Å². The van der Waals surface area contributed by atoms with Crippen molar-refractivity contribution in [1.29, 1.82) is 0 Å². The second kappa shape index (κ2) is 12.6. The molecular formula is C30H27F3N6O4S. The summed E-state index contributed by atoms with van der Waals surface area (Å²) in [5.74, 6) is -0.0217. The first-order valence-electron chi connectivity index (χ1n) is 13.4. The van der Waals surface area contributed by atoms with Crippen molar-refractivity contribution in [1.82, 2.24) is 19.9 Å². The number of pyridine rings is 1. The Kier molecular flexibility index (Phi) is 8.71. The molecular weight excluding hydrogens is 597 g/mol. The quantitative estimate of drug-likeness (QED) is 0.123. The van der Waals surface area contributed by atoms with Crippen molar-refractivity contribution in [2.24, 2.45) is 5.73 Å². The predicted octanol–water partition coefficient (Wildman–Crippen LogP) is 6.48. The zero-order valence-corrected chi connectivity index (χ0v) is 24.1. The predicted molar refractivity (Wildman–Crippen MR) is 160 cm³/mol.